The van der Waals surface area contributed by atoms with Gasteiger partial charge < -0.3 is 4.90 Å². The zero-order valence-electron chi connectivity index (χ0n) is 10.2. The second-order valence-corrected chi connectivity index (χ2v) is 5.67. The highest BCUT2D eigenvalue weighted by Crippen LogP contribution is 2.37. The van der Waals surface area contributed by atoms with Crippen LogP contribution in [0.2, 0.25) is 0 Å². The van der Waals surface area contributed by atoms with E-state index in [0.29, 0.717) is 0 Å². The number of nitrogens with zero attached hydrogens (tertiary/aromatic N) is 2. The fourth-order valence-corrected chi connectivity index (χ4v) is 2.52. The first-order valence-corrected chi connectivity index (χ1v) is 6.01. The minimum Gasteiger partial charge on any atom is -0.301 e. The van der Waals surface area contributed by atoms with E-state index >= 15 is 0 Å². The van der Waals surface area contributed by atoms with Gasteiger partial charge in [-0.25, -0.2) is 0 Å². The average Bonchev–Trinajstić information content (AvgIpc) is 2.17. The van der Waals surface area contributed by atoms with Crippen molar-refractivity contribution in [1.29, 1.82) is 5.26 Å². The van der Waals surface area contributed by atoms with Gasteiger partial charge >= 0.3 is 0 Å². The lowest BCUT2D eigenvalue weighted by Gasteiger charge is -2.34. The highest BCUT2D eigenvalue weighted by atomic mass is 79.9. The molecule has 0 N–H and O–H groups in total. The van der Waals surface area contributed by atoms with Crippen LogP contribution < -0.4 is 0 Å². The zero-order valence-corrected chi connectivity index (χ0v) is 11.7. The first kappa shape index (κ1) is 13.2. The van der Waals surface area contributed by atoms with Crippen molar-refractivity contribution in [3.05, 3.63) is 34.3 Å². The van der Waals surface area contributed by atoms with Crippen LogP contribution in [-0.4, -0.2) is 19.0 Å². The van der Waals surface area contributed by atoms with Crippen LogP contribution in [-0.2, 0) is 0 Å². The van der Waals surface area contributed by atoms with E-state index in [9.17, 15) is 5.26 Å². The summed E-state index contributed by atoms with van der Waals surface area (Å²) in [4.78, 5) is 2.09. The molecule has 0 aromatic heterocycles. The first-order valence-electron chi connectivity index (χ1n) is 5.21. The van der Waals surface area contributed by atoms with Gasteiger partial charge in [0.25, 0.3) is 0 Å². The normalized spacial score (nSPS) is 13.6. The summed E-state index contributed by atoms with van der Waals surface area (Å²) in [5.41, 5.74) is 0.746. The smallest absolute Gasteiger partial charge is 0.0714 e. The van der Waals surface area contributed by atoms with Gasteiger partial charge in [0.05, 0.1) is 17.5 Å². The molecule has 0 saturated heterocycles. The number of hydrogen-bond acceptors (Lipinski definition) is 2. The fraction of sp³-hybridized carbons (Fsp3) is 0.462. The molecule has 0 spiro atoms. The molecule has 0 aliphatic rings. The van der Waals surface area contributed by atoms with E-state index in [0.717, 1.165) is 10.0 Å². The molecule has 0 aliphatic carbocycles. The third kappa shape index (κ3) is 2.84. The monoisotopic (exact) mass is 280 g/mol. The molecule has 0 radical (unpaired) electrons. The number of halogens is 1. The molecule has 0 bridgehead atoms. The first-order chi connectivity index (χ1) is 7.38. The summed E-state index contributed by atoms with van der Waals surface area (Å²) >= 11 is 3.47. The van der Waals surface area contributed by atoms with Crippen LogP contribution in [0.4, 0.5) is 0 Å². The highest BCUT2D eigenvalue weighted by molar-refractivity contribution is 9.10. The van der Waals surface area contributed by atoms with Crippen molar-refractivity contribution in [3.63, 3.8) is 0 Å². The topological polar surface area (TPSA) is 27.0 Å². The highest BCUT2D eigenvalue weighted by Gasteiger charge is 2.32. The van der Waals surface area contributed by atoms with Crippen LogP contribution in [0.5, 0.6) is 0 Å². The molecule has 2 nitrogen and oxygen atoms in total. The van der Waals surface area contributed by atoms with Gasteiger partial charge in [0.15, 0.2) is 0 Å². The zero-order chi connectivity index (χ0) is 12.3. The minimum absolute atomic E-state index is 0.0926. The Morgan fingerprint density at radius 1 is 1.38 bits per heavy atom. The summed E-state index contributed by atoms with van der Waals surface area (Å²) in [6, 6.07) is 10.6. The van der Waals surface area contributed by atoms with E-state index in [4.69, 9.17) is 0 Å². The molecule has 0 saturated carbocycles. The van der Waals surface area contributed by atoms with Crippen LogP contribution in [0.1, 0.15) is 25.5 Å². The SMILES string of the molecule is CN(C)C(c1cccc(Br)c1)C(C)(C)C#N. The Kier molecular flexibility index (Phi) is 4.12. The van der Waals surface area contributed by atoms with Gasteiger partial charge in [-0.15, -0.1) is 0 Å². The Bertz CT molecular complexity index is 405. The van der Waals surface area contributed by atoms with Crippen LogP contribution in [0.3, 0.4) is 0 Å². The molecule has 0 heterocycles. The fourth-order valence-electron chi connectivity index (χ4n) is 2.10. The number of hydrogen-bond donors (Lipinski definition) is 0. The maximum Gasteiger partial charge on any atom is 0.0714 e. The quantitative estimate of drug-likeness (QED) is 0.846. The van der Waals surface area contributed by atoms with Crippen LogP contribution >= 0.6 is 15.9 Å². The maximum absolute atomic E-state index is 9.26. The van der Waals surface area contributed by atoms with E-state index < -0.39 is 5.41 Å². The van der Waals surface area contributed by atoms with Crippen LogP contribution in [0.25, 0.3) is 0 Å². The molecule has 0 fully saturated rings. The van der Waals surface area contributed by atoms with E-state index in [1.807, 2.05) is 40.1 Å². The molecule has 16 heavy (non-hydrogen) atoms. The van der Waals surface area contributed by atoms with Gasteiger partial charge in [0.2, 0.25) is 0 Å². The number of rotatable bonds is 3. The van der Waals surface area contributed by atoms with Crippen molar-refractivity contribution in [3.8, 4) is 6.07 Å². The summed E-state index contributed by atoms with van der Waals surface area (Å²) in [6.45, 7) is 3.94. The van der Waals surface area contributed by atoms with Gasteiger partial charge in [-0.2, -0.15) is 5.26 Å². The Balaban J connectivity index is 3.19. The Labute approximate surface area is 106 Å². The molecule has 0 amide bonds. The summed E-state index contributed by atoms with van der Waals surface area (Å²) in [5, 5.41) is 9.26. The lowest BCUT2D eigenvalue weighted by molar-refractivity contribution is 0.185. The Morgan fingerprint density at radius 2 is 2.00 bits per heavy atom. The van der Waals surface area contributed by atoms with Gasteiger partial charge in [0.1, 0.15) is 0 Å². The van der Waals surface area contributed by atoms with Crippen molar-refractivity contribution in [2.75, 3.05) is 14.1 Å². The number of nitriles is 1. The second kappa shape index (κ2) is 4.99. The number of benzene rings is 1. The van der Waals surface area contributed by atoms with Crippen molar-refractivity contribution >= 4 is 15.9 Å². The van der Waals surface area contributed by atoms with Crippen molar-refractivity contribution < 1.29 is 0 Å². The predicted molar refractivity (Wildman–Crippen MR) is 70.0 cm³/mol. The molecule has 0 aliphatic heterocycles. The predicted octanol–water partition coefficient (Wildman–Crippen LogP) is 3.60. The minimum atomic E-state index is -0.412. The second-order valence-electron chi connectivity index (χ2n) is 4.75. The van der Waals surface area contributed by atoms with Gasteiger partial charge in [-0.1, -0.05) is 28.1 Å². The third-order valence-corrected chi connectivity index (χ3v) is 3.15. The largest absolute Gasteiger partial charge is 0.301 e. The van der Waals surface area contributed by atoms with Crippen LogP contribution in [0.15, 0.2) is 28.7 Å². The van der Waals surface area contributed by atoms with Gasteiger partial charge in [-0.3, -0.25) is 0 Å². The summed E-state index contributed by atoms with van der Waals surface area (Å²) in [7, 11) is 4.01. The summed E-state index contributed by atoms with van der Waals surface area (Å²) < 4.78 is 1.05. The molecule has 1 unspecified atom stereocenters. The summed E-state index contributed by atoms with van der Waals surface area (Å²) in [5.74, 6) is 0. The van der Waals surface area contributed by atoms with E-state index in [1.165, 1.54) is 0 Å². The standard InChI is InChI=1S/C13H17BrN2/c1-13(2,9-15)12(16(3)4)10-6-5-7-11(14)8-10/h5-8,12H,1-4H3. The lowest BCUT2D eigenvalue weighted by Crippen LogP contribution is -2.32. The molecule has 3 heteroatoms. The molecule has 1 aromatic carbocycles. The van der Waals surface area contributed by atoms with Crippen molar-refractivity contribution in [2.45, 2.75) is 19.9 Å². The maximum atomic E-state index is 9.26. The molecule has 1 aromatic rings. The third-order valence-electron chi connectivity index (χ3n) is 2.65. The summed E-state index contributed by atoms with van der Waals surface area (Å²) in [6.07, 6.45) is 0. The van der Waals surface area contributed by atoms with E-state index in [1.54, 1.807) is 0 Å². The lowest BCUT2D eigenvalue weighted by atomic mass is 9.81. The van der Waals surface area contributed by atoms with E-state index in [2.05, 4.69) is 39.0 Å². The Hall–Kier alpha value is -0.850. The van der Waals surface area contributed by atoms with E-state index in [-0.39, 0.29) is 6.04 Å². The molecular formula is C13H17BrN2. The molecule has 1 rings (SSSR count). The Morgan fingerprint density at radius 3 is 2.44 bits per heavy atom. The molecule has 1 atom stereocenters. The van der Waals surface area contributed by atoms with Gasteiger partial charge in [0, 0.05) is 4.47 Å². The van der Waals surface area contributed by atoms with Gasteiger partial charge in [-0.05, 0) is 45.6 Å². The van der Waals surface area contributed by atoms with Crippen molar-refractivity contribution in [2.24, 2.45) is 5.41 Å². The average molecular weight is 281 g/mol. The van der Waals surface area contributed by atoms with Crippen LogP contribution in [0, 0.1) is 16.7 Å². The molecule has 86 valence electrons. The van der Waals surface area contributed by atoms with Crippen molar-refractivity contribution in [1.82, 2.24) is 4.90 Å². The molecular weight excluding hydrogens is 264 g/mol.